The summed E-state index contributed by atoms with van der Waals surface area (Å²) in [6.45, 7) is 0.857. The molecule has 2 aliphatic rings. The lowest BCUT2D eigenvalue weighted by atomic mass is 9.78. The lowest BCUT2D eigenvalue weighted by molar-refractivity contribution is 0.0390. The topological polar surface area (TPSA) is 58.6 Å². The molecule has 5 heteroatoms. The number of fused-ring (bicyclic) bond motifs is 1. The van der Waals surface area contributed by atoms with E-state index in [1.165, 1.54) is 25.7 Å². The van der Waals surface area contributed by atoms with Crippen LogP contribution in [0, 0.1) is 5.92 Å². The lowest BCUT2D eigenvalue weighted by Crippen LogP contribution is -2.49. The zero-order valence-corrected chi connectivity index (χ0v) is 16.9. The Balaban J connectivity index is 1.41. The van der Waals surface area contributed by atoms with Crippen LogP contribution in [0.5, 0.6) is 5.75 Å². The highest BCUT2D eigenvalue weighted by Gasteiger charge is 2.35. The number of likely N-dealkylation sites (tertiary alicyclic amines) is 1. The Labute approximate surface area is 172 Å². The molecule has 2 atom stereocenters. The zero-order valence-electron chi connectivity index (χ0n) is 16.9. The maximum Gasteiger partial charge on any atom is 0.255 e. The van der Waals surface area contributed by atoms with Crippen LogP contribution in [0.3, 0.4) is 0 Å². The molecule has 1 N–H and O–H groups in total. The van der Waals surface area contributed by atoms with E-state index in [0.29, 0.717) is 34.5 Å². The Morgan fingerprint density at radius 1 is 0.897 bits per heavy atom. The second-order valence-corrected chi connectivity index (χ2v) is 8.01. The number of hydrogen-bond donors (Lipinski definition) is 1. The first-order valence-electron chi connectivity index (χ1n) is 10.5. The third kappa shape index (κ3) is 4.29. The van der Waals surface area contributed by atoms with Gasteiger partial charge in [-0.15, -0.1) is 0 Å². The minimum Gasteiger partial charge on any atom is -0.497 e. The van der Waals surface area contributed by atoms with Crippen LogP contribution in [0.4, 0.5) is 5.69 Å². The largest absolute Gasteiger partial charge is 0.497 e. The highest BCUT2D eigenvalue weighted by molar-refractivity contribution is 6.04. The summed E-state index contributed by atoms with van der Waals surface area (Å²) in [5.41, 5.74) is 1.93. The van der Waals surface area contributed by atoms with Crippen LogP contribution in [0.2, 0.25) is 0 Å². The molecule has 1 saturated carbocycles. The Kier molecular flexibility index (Phi) is 5.84. The predicted molar refractivity (Wildman–Crippen MR) is 113 cm³/mol. The summed E-state index contributed by atoms with van der Waals surface area (Å²) >= 11 is 0. The average molecular weight is 392 g/mol. The van der Waals surface area contributed by atoms with Crippen molar-refractivity contribution in [2.75, 3.05) is 19.0 Å². The van der Waals surface area contributed by atoms with Crippen molar-refractivity contribution >= 4 is 17.5 Å². The smallest absolute Gasteiger partial charge is 0.255 e. The molecule has 2 aromatic rings. The maximum absolute atomic E-state index is 13.1. The van der Waals surface area contributed by atoms with Crippen molar-refractivity contribution in [2.45, 2.75) is 44.6 Å². The monoisotopic (exact) mass is 392 g/mol. The van der Waals surface area contributed by atoms with Gasteiger partial charge in [0.15, 0.2) is 0 Å². The fourth-order valence-electron chi connectivity index (χ4n) is 4.68. The number of methoxy groups -OCH3 is 1. The van der Waals surface area contributed by atoms with Crippen LogP contribution in [-0.4, -0.2) is 36.4 Å². The molecule has 2 amide bonds. The summed E-state index contributed by atoms with van der Waals surface area (Å²) in [5, 5.41) is 2.88. The van der Waals surface area contributed by atoms with Crippen molar-refractivity contribution in [1.82, 2.24) is 4.90 Å². The number of carbonyl (C=O) groups is 2. The van der Waals surface area contributed by atoms with E-state index in [-0.39, 0.29) is 11.8 Å². The summed E-state index contributed by atoms with van der Waals surface area (Å²) in [4.78, 5) is 27.6. The predicted octanol–water partition coefficient (Wildman–Crippen LogP) is 4.74. The Bertz CT molecular complexity index is 859. The Morgan fingerprint density at radius 2 is 1.55 bits per heavy atom. The number of benzene rings is 2. The SMILES string of the molecule is COc1ccc(C(=O)Nc2ccc(C(=O)N3CCC[C@@H]4CCCC[C@@H]43)cc2)cc1. The van der Waals surface area contributed by atoms with Gasteiger partial charge in [-0.3, -0.25) is 9.59 Å². The minimum absolute atomic E-state index is 0.120. The molecule has 1 aliphatic carbocycles. The standard InChI is InChI=1S/C24H28N2O3/c1-29-21-14-10-18(11-15-21)23(27)25-20-12-8-19(9-13-20)24(28)26-16-4-6-17-5-2-3-7-22(17)26/h8-15,17,22H,2-7,16H2,1H3,(H,25,27)/t17-,22-/m0/s1. The summed E-state index contributed by atoms with van der Waals surface area (Å²) in [7, 11) is 1.59. The van der Waals surface area contributed by atoms with Crippen LogP contribution in [0.1, 0.15) is 59.2 Å². The molecule has 4 rings (SSSR count). The highest BCUT2D eigenvalue weighted by Crippen LogP contribution is 2.36. The summed E-state index contributed by atoms with van der Waals surface area (Å²) in [6, 6.07) is 14.6. The molecule has 5 nitrogen and oxygen atoms in total. The number of piperidine rings is 1. The van der Waals surface area contributed by atoms with Crippen LogP contribution in [-0.2, 0) is 0 Å². The fourth-order valence-corrected chi connectivity index (χ4v) is 4.68. The van der Waals surface area contributed by atoms with Gasteiger partial charge in [0.05, 0.1) is 7.11 Å². The molecular weight excluding hydrogens is 364 g/mol. The number of anilines is 1. The molecule has 1 saturated heterocycles. The second kappa shape index (κ2) is 8.68. The summed E-state index contributed by atoms with van der Waals surface area (Å²) in [6.07, 6.45) is 7.26. The minimum atomic E-state index is -0.187. The number of ether oxygens (including phenoxy) is 1. The third-order valence-electron chi connectivity index (χ3n) is 6.25. The number of carbonyl (C=O) groups excluding carboxylic acids is 2. The number of nitrogens with zero attached hydrogens (tertiary/aromatic N) is 1. The van der Waals surface area contributed by atoms with E-state index in [1.54, 1.807) is 43.5 Å². The molecular formula is C24H28N2O3. The quantitative estimate of drug-likeness (QED) is 0.817. The number of rotatable bonds is 4. The van der Waals surface area contributed by atoms with Crippen LogP contribution < -0.4 is 10.1 Å². The van der Waals surface area contributed by atoms with Gasteiger partial charge in [-0.05, 0) is 80.1 Å². The van der Waals surface area contributed by atoms with E-state index < -0.39 is 0 Å². The molecule has 0 spiro atoms. The maximum atomic E-state index is 13.1. The van der Waals surface area contributed by atoms with Crippen molar-refractivity contribution in [3.8, 4) is 5.75 Å². The van der Waals surface area contributed by atoms with E-state index in [2.05, 4.69) is 10.2 Å². The number of nitrogens with one attached hydrogen (secondary N) is 1. The second-order valence-electron chi connectivity index (χ2n) is 8.01. The Morgan fingerprint density at radius 3 is 2.28 bits per heavy atom. The van der Waals surface area contributed by atoms with Crippen LogP contribution in [0.25, 0.3) is 0 Å². The van der Waals surface area contributed by atoms with E-state index in [9.17, 15) is 9.59 Å². The first-order valence-corrected chi connectivity index (χ1v) is 10.5. The van der Waals surface area contributed by atoms with E-state index in [1.807, 2.05) is 12.1 Å². The van der Waals surface area contributed by atoms with Crippen LogP contribution >= 0.6 is 0 Å². The molecule has 29 heavy (non-hydrogen) atoms. The fraction of sp³-hybridized carbons (Fsp3) is 0.417. The van der Waals surface area contributed by atoms with Gasteiger partial charge in [0.1, 0.15) is 5.75 Å². The third-order valence-corrected chi connectivity index (χ3v) is 6.25. The van der Waals surface area contributed by atoms with Crippen molar-refractivity contribution in [3.05, 3.63) is 59.7 Å². The van der Waals surface area contributed by atoms with Gasteiger partial charge in [0.2, 0.25) is 0 Å². The first-order chi connectivity index (χ1) is 14.2. The molecule has 0 bridgehead atoms. The molecule has 1 heterocycles. The zero-order chi connectivity index (χ0) is 20.2. The number of hydrogen-bond acceptors (Lipinski definition) is 3. The van der Waals surface area contributed by atoms with Gasteiger partial charge in [-0.25, -0.2) is 0 Å². The molecule has 0 aromatic heterocycles. The molecule has 0 unspecified atom stereocenters. The summed E-state index contributed by atoms with van der Waals surface area (Å²) < 4.78 is 5.12. The van der Waals surface area contributed by atoms with Gasteiger partial charge in [0.25, 0.3) is 11.8 Å². The highest BCUT2D eigenvalue weighted by atomic mass is 16.5. The lowest BCUT2D eigenvalue weighted by Gasteiger charge is -2.44. The van der Waals surface area contributed by atoms with Crippen molar-refractivity contribution in [3.63, 3.8) is 0 Å². The van der Waals surface area contributed by atoms with Crippen molar-refractivity contribution in [1.29, 1.82) is 0 Å². The van der Waals surface area contributed by atoms with Crippen LogP contribution in [0.15, 0.2) is 48.5 Å². The van der Waals surface area contributed by atoms with E-state index in [4.69, 9.17) is 4.74 Å². The molecule has 152 valence electrons. The normalized spacial score (nSPS) is 21.2. The van der Waals surface area contributed by atoms with E-state index >= 15 is 0 Å². The first kappa shape index (κ1) is 19.5. The Hall–Kier alpha value is -2.82. The van der Waals surface area contributed by atoms with Gasteiger partial charge in [-0.2, -0.15) is 0 Å². The van der Waals surface area contributed by atoms with Crippen molar-refractivity contribution in [2.24, 2.45) is 5.92 Å². The number of amides is 2. The molecule has 0 radical (unpaired) electrons. The average Bonchev–Trinajstić information content (AvgIpc) is 2.78. The van der Waals surface area contributed by atoms with Gasteiger partial charge < -0.3 is 15.0 Å². The van der Waals surface area contributed by atoms with Gasteiger partial charge >= 0.3 is 0 Å². The van der Waals surface area contributed by atoms with E-state index in [0.717, 1.165) is 19.4 Å². The van der Waals surface area contributed by atoms with Gasteiger partial charge in [0, 0.05) is 29.4 Å². The molecule has 1 aliphatic heterocycles. The van der Waals surface area contributed by atoms with Crippen molar-refractivity contribution < 1.29 is 14.3 Å². The summed E-state index contributed by atoms with van der Waals surface area (Å²) in [5.74, 6) is 1.31. The van der Waals surface area contributed by atoms with Gasteiger partial charge in [-0.1, -0.05) is 12.8 Å². The molecule has 2 aromatic carbocycles. The molecule has 2 fully saturated rings.